The first-order valence-corrected chi connectivity index (χ1v) is 10.3. The van der Waals surface area contributed by atoms with Crippen molar-refractivity contribution in [2.24, 2.45) is 5.41 Å². The van der Waals surface area contributed by atoms with Gasteiger partial charge in [0, 0.05) is 35.8 Å². The van der Waals surface area contributed by atoms with E-state index in [-0.39, 0.29) is 5.78 Å². The molecule has 1 aliphatic rings. The molecule has 0 bridgehead atoms. The SMILES string of the molecule is C/C=C(/C(=O)C(C)(C)C)c1nc(-c2ccnc(N3CCCC3)c2)ccc1CC. The number of hydrogen-bond donors (Lipinski definition) is 0. The first-order chi connectivity index (χ1) is 13.3. The van der Waals surface area contributed by atoms with Gasteiger partial charge in [-0.05, 0) is 49.9 Å². The van der Waals surface area contributed by atoms with Gasteiger partial charge in [-0.15, -0.1) is 0 Å². The van der Waals surface area contributed by atoms with Crippen LogP contribution < -0.4 is 4.90 Å². The molecule has 0 spiro atoms. The van der Waals surface area contributed by atoms with E-state index in [1.54, 1.807) is 0 Å². The van der Waals surface area contributed by atoms with Crippen LogP contribution in [0.5, 0.6) is 0 Å². The first-order valence-electron chi connectivity index (χ1n) is 10.3. The predicted octanol–water partition coefficient (Wildman–Crippen LogP) is 5.32. The largest absolute Gasteiger partial charge is 0.357 e. The van der Waals surface area contributed by atoms with Gasteiger partial charge in [-0.2, -0.15) is 0 Å². The van der Waals surface area contributed by atoms with E-state index < -0.39 is 5.41 Å². The van der Waals surface area contributed by atoms with E-state index in [4.69, 9.17) is 4.98 Å². The Morgan fingerprint density at radius 2 is 1.89 bits per heavy atom. The lowest BCUT2D eigenvalue weighted by atomic mass is 9.83. The molecule has 4 heteroatoms. The molecular weight excluding hydrogens is 346 g/mol. The molecule has 3 rings (SSSR count). The Morgan fingerprint density at radius 1 is 1.18 bits per heavy atom. The lowest BCUT2D eigenvalue weighted by molar-refractivity contribution is -0.120. The fourth-order valence-electron chi connectivity index (χ4n) is 3.64. The van der Waals surface area contributed by atoms with E-state index in [0.29, 0.717) is 5.57 Å². The molecule has 2 aromatic heterocycles. The Kier molecular flexibility index (Phi) is 5.97. The Labute approximate surface area is 168 Å². The molecule has 0 amide bonds. The van der Waals surface area contributed by atoms with Gasteiger partial charge in [-0.1, -0.05) is 39.8 Å². The minimum absolute atomic E-state index is 0.127. The van der Waals surface area contributed by atoms with Crippen LogP contribution in [0, 0.1) is 5.41 Å². The quantitative estimate of drug-likeness (QED) is 0.661. The van der Waals surface area contributed by atoms with Gasteiger partial charge in [0.2, 0.25) is 0 Å². The van der Waals surface area contributed by atoms with Crippen LogP contribution in [0.1, 0.15) is 58.7 Å². The number of hydrogen-bond acceptors (Lipinski definition) is 4. The number of rotatable bonds is 5. The highest BCUT2D eigenvalue weighted by Gasteiger charge is 2.27. The summed E-state index contributed by atoms with van der Waals surface area (Å²) in [6.45, 7) is 12.0. The van der Waals surface area contributed by atoms with Crippen molar-refractivity contribution in [3.8, 4) is 11.3 Å². The van der Waals surface area contributed by atoms with Crippen LogP contribution in [0.2, 0.25) is 0 Å². The van der Waals surface area contributed by atoms with Gasteiger partial charge in [0.15, 0.2) is 5.78 Å². The van der Waals surface area contributed by atoms with Crippen molar-refractivity contribution in [2.75, 3.05) is 18.0 Å². The van der Waals surface area contributed by atoms with Crippen LogP contribution >= 0.6 is 0 Å². The summed E-state index contributed by atoms with van der Waals surface area (Å²) < 4.78 is 0. The molecule has 148 valence electrons. The standard InChI is InChI=1S/C24H31N3O/c1-6-17-10-11-20(26-22(17)19(7-2)23(28)24(3,4)5)18-12-13-25-21(16-18)27-14-8-9-15-27/h7,10-13,16H,6,8-9,14-15H2,1-5H3/b19-7+. The zero-order chi connectivity index (χ0) is 20.3. The summed E-state index contributed by atoms with van der Waals surface area (Å²) in [4.78, 5) is 24.8. The summed E-state index contributed by atoms with van der Waals surface area (Å²) in [6.07, 6.45) is 7.04. The zero-order valence-electron chi connectivity index (χ0n) is 17.7. The van der Waals surface area contributed by atoms with Crippen LogP contribution in [0.15, 0.2) is 36.5 Å². The molecule has 0 unspecified atom stereocenters. The number of Topliss-reactive ketones (excluding diaryl/α,β-unsaturated/α-hetero) is 1. The van der Waals surface area contributed by atoms with E-state index in [0.717, 1.165) is 47.8 Å². The Hall–Kier alpha value is -2.49. The van der Waals surface area contributed by atoms with Crippen molar-refractivity contribution in [3.63, 3.8) is 0 Å². The summed E-state index contributed by atoms with van der Waals surface area (Å²) in [6, 6.07) is 8.27. The van der Waals surface area contributed by atoms with Gasteiger partial charge in [-0.25, -0.2) is 9.97 Å². The molecule has 0 N–H and O–H groups in total. The number of anilines is 1. The van der Waals surface area contributed by atoms with Crippen LogP contribution in [-0.4, -0.2) is 28.8 Å². The number of nitrogens with zero attached hydrogens (tertiary/aromatic N) is 3. The maximum absolute atomic E-state index is 13.0. The molecule has 4 nitrogen and oxygen atoms in total. The molecule has 1 aliphatic heterocycles. The van der Waals surface area contributed by atoms with Gasteiger partial charge in [-0.3, -0.25) is 4.79 Å². The number of pyridine rings is 2. The zero-order valence-corrected chi connectivity index (χ0v) is 17.7. The Bertz CT molecular complexity index is 887. The number of aryl methyl sites for hydroxylation is 1. The van der Waals surface area contributed by atoms with Crippen LogP contribution in [0.3, 0.4) is 0 Å². The number of aromatic nitrogens is 2. The van der Waals surface area contributed by atoms with Crippen molar-refractivity contribution in [1.82, 2.24) is 9.97 Å². The van der Waals surface area contributed by atoms with E-state index in [9.17, 15) is 4.79 Å². The number of ketones is 1. The smallest absolute Gasteiger partial charge is 0.170 e. The Balaban J connectivity index is 2.04. The number of carbonyl (C=O) groups is 1. The van der Waals surface area contributed by atoms with Crippen molar-refractivity contribution in [3.05, 3.63) is 47.8 Å². The lowest BCUT2D eigenvalue weighted by Crippen LogP contribution is -2.22. The number of carbonyl (C=O) groups excluding carboxylic acids is 1. The molecule has 1 saturated heterocycles. The number of allylic oxidation sites excluding steroid dienone is 2. The minimum atomic E-state index is -0.440. The molecule has 28 heavy (non-hydrogen) atoms. The monoisotopic (exact) mass is 377 g/mol. The summed E-state index contributed by atoms with van der Waals surface area (Å²) in [5.74, 6) is 1.14. The van der Waals surface area contributed by atoms with E-state index >= 15 is 0 Å². The van der Waals surface area contributed by atoms with Crippen LogP contribution in [0.4, 0.5) is 5.82 Å². The third-order valence-electron chi connectivity index (χ3n) is 5.30. The van der Waals surface area contributed by atoms with Gasteiger partial charge in [0.1, 0.15) is 5.82 Å². The maximum Gasteiger partial charge on any atom is 0.170 e. The second kappa shape index (κ2) is 8.26. The molecule has 0 radical (unpaired) electrons. The van der Waals surface area contributed by atoms with Crippen LogP contribution in [0.25, 0.3) is 16.8 Å². The highest BCUT2D eigenvalue weighted by atomic mass is 16.1. The average Bonchev–Trinajstić information content (AvgIpc) is 3.23. The lowest BCUT2D eigenvalue weighted by Gasteiger charge is -2.21. The van der Waals surface area contributed by atoms with Gasteiger partial charge in [0.25, 0.3) is 0 Å². The fraction of sp³-hybridized carbons (Fsp3) is 0.458. The van der Waals surface area contributed by atoms with Gasteiger partial charge < -0.3 is 4.90 Å². The minimum Gasteiger partial charge on any atom is -0.357 e. The summed E-state index contributed by atoms with van der Waals surface area (Å²) in [5.41, 5.74) is 4.10. The molecule has 3 heterocycles. The highest BCUT2D eigenvalue weighted by Crippen LogP contribution is 2.31. The summed E-state index contributed by atoms with van der Waals surface area (Å²) >= 11 is 0. The van der Waals surface area contributed by atoms with Crippen molar-refractivity contribution < 1.29 is 4.79 Å². The molecular formula is C24H31N3O. The molecule has 0 saturated carbocycles. The van der Waals surface area contributed by atoms with E-state index in [2.05, 4.69) is 35.0 Å². The molecule has 2 aromatic rings. The normalized spacial score (nSPS) is 15.2. The van der Waals surface area contributed by atoms with Crippen molar-refractivity contribution in [2.45, 2.75) is 53.9 Å². The third-order valence-corrected chi connectivity index (χ3v) is 5.30. The summed E-state index contributed by atoms with van der Waals surface area (Å²) in [5, 5.41) is 0. The van der Waals surface area contributed by atoms with E-state index in [1.165, 1.54) is 12.8 Å². The summed E-state index contributed by atoms with van der Waals surface area (Å²) in [7, 11) is 0. The third kappa shape index (κ3) is 4.16. The van der Waals surface area contributed by atoms with Gasteiger partial charge in [0.05, 0.1) is 11.4 Å². The second-order valence-electron chi connectivity index (χ2n) is 8.44. The fourth-order valence-corrected chi connectivity index (χ4v) is 3.64. The molecule has 1 fully saturated rings. The second-order valence-corrected chi connectivity index (χ2v) is 8.44. The first kappa shape index (κ1) is 20.2. The van der Waals surface area contributed by atoms with Crippen molar-refractivity contribution >= 4 is 17.2 Å². The van der Waals surface area contributed by atoms with Crippen LogP contribution in [-0.2, 0) is 11.2 Å². The van der Waals surface area contributed by atoms with Crippen molar-refractivity contribution in [1.29, 1.82) is 0 Å². The van der Waals surface area contributed by atoms with E-state index in [1.807, 2.05) is 46.0 Å². The Morgan fingerprint density at radius 3 is 2.50 bits per heavy atom. The average molecular weight is 378 g/mol. The predicted molar refractivity (Wildman–Crippen MR) is 116 cm³/mol. The highest BCUT2D eigenvalue weighted by molar-refractivity contribution is 6.22. The molecule has 0 aliphatic carbocycles. The molecule has 0 atom stereocenters. The topological polar surface area (TPSA) is 46.1 Å². The maximum atomic E-state index is 13.0. The molecule has 0 aromatic carbocycles. The van der Waals surface area contributed by atoms with Gasteiger partial charge >= 0.3 is 0 Å².